The van der Waals surface area contributed by atoms with E-state index in [2.05, 4.69) is 29.1 Å². The quantitative estimate of drug-likeness (QED) is 0.439. The van der Waals surface area contributed by atoms with Crippen molar-refractivity contribution in [2.75, 3.05) is 5.32 Å². The van der Waals surface area contributed by atoms with Gasteiger partial charge in [-0.2, -0.15) is 0 Å². The number of hydrogen-bond donors (Lipinski definition) is 1. The third kappa shape index (κ3) is 3.92. The molecule has 2 aromatic heterocycles. The van der Waals surface area contributed by atoms with E-state index in [1.54, 1.807) is 35.9 Å². The first-order valence-electron chi connectivity index (χ1n) is 7.50. The number of halogens is 2. The lowest BCUT2D eigenvalue weighted by molar-refractivity contribution is -0.115. The molecule has 1 aromatic carbocycles. The van der Waals surface area contributed by atoms with Crippen molar-refractivity contribution < 1.29 is 4.79 Å². The van der Waals surface area contributed by atoms with Gasteiger partial charge in [0.05, 0.1) is 16.0 Å². The molecule has 3 aromatic rings. The van der Waals surface area contributed by atoms with Gasteiger partial charge >= 0.3 is 0 Å². The maximum atomic E-state index is 12.5. The Morgan fingerprint density at radius 1 is 1.28 bits per heavy atom. The highest BCUT2D eigenvalue weighted by molar-refractivity contribution is 8.00. The zero-order chi connectivity index (χ0) is 18.1. The summed E-state index contributed by atoms with van der Waals surface area (Å²) in [5.41, 5.74) is 1.70. The minimum Gasteiger partial charge on any atom is -0.324 e. The highest BCUT2D eigenvalue weighted by Crippen LogP contribution is 2.36. The van der Waals surface area contributed by atoms with E-state index >= 15 is 0 Å². The molecular weight excluding hydrogens is 397 g/mol. The van der Waals surface area contributed by atoms with Gasteiger partial charge in [-0.15, -0.1) is 11.3 Å². The molecule has 0 aliphatic heterocycles. The fourth-order valence-electron chi connectivity index (χ4n) is 2.29. The molecule has 0 fully saturated rings. The van der Waals surface area contributed by atoms with Crippen molar-refractivity contribution >= 4 is 68.1 Å². The van der Waals surface area contributed by atoms with Gasteiger partial charge in [-0.3, -0.25) is 4.79 Å². The molecule has 8 heteroatoms. The van der Waals surface area contributed by atoms with Gasteiger partial charge in [-0.25, -0.2) is 9.97 Å². The van der Waals surface area contributed by atoms with Gasteiger partial charge < -0.3 is 5.32 Å². The number of carbonyl (C=O) groups is 1. The van der Waals surface area contributed by atoms with Crippen LogP contribution in [0.3, 0.4) is 0 Å². The van der Waals surface area contributed by atoms with Gasteiger partial charge in [0.2, 0.25) is 5.91 Å². The smallest absolute Gasteiger partial charge is 0.237 e. The van der Waals surface area contributed by atoms with Crippen molar-refractivity contribution in [2.24, 2.45) is 0 Å². The van der Waals surface area contributed by atoms with Crippen LogP contribution < -0.4 is 5.32 Å². The maximum Gasteiger partial charge on any atom is 0.237 e. The lowest BCUT2D eigenvalue weighted by Gasteiger charge is -2.13. The number of benzene rings is 1. The van der Waals surface area contributed by atoms with E-state index in [-0.39, 0.29) is 11.2 Å². The molecule has 1 amide bonds. The summed E-state index contributed by atoms with van der Waals surface area (Å²) in [6.07, 6.45) is 1.54. The van der Waals surface area contributed by atoms with Gasteiger partial charge in [0, 0.05) is 15.3 Å². The van der Waals surface area contributed by atoms with E-state index in [0.29, 0.717) is 15.7 Å². The molecule has 130 valence electrons. The van der Waals surface area contributed by atoms with Crippen LogP contribution in [0, 0.1) is 13.8 Å². The number of anilines is 1. The van der Waals surface area contributed by atoms with Crippen molar-refractivity contribution in [2.45, 2.75) is 31.0 Å². The predicted octanol–water partition coefficient (Wildman–Crippen LogP) is 5.73. The van der Waals surface area contributed by atoms with Crippen LogP contribution in [0.1, 0.15) is 17.4 Å². The Labute approximate surface area is 164 Å². The molecule has 3 rings (SSSR count). The summed E-state index contributed by atoms with van der Waals surface area (Å²) in [6.45, 7) is 5.96. The second-order valence-corrected chi connectivity index (χ2v) is 8.89. The van der Waals surface area contributed by atoms with Crippen LogP contribution >= 0.6 is 46.3 Å². The number of aryl methyl sites for hydroxylation is 2. The lowest BCUT2D eigenvalue weighted by Crippen LogP contribution is -2.22. The summed E-state index contributed by atoms with van der Waals surface area (Å²) in [4.78, 5) is 23.4. The molecule has 0 unspecified atom stereocenters. The van der Waals surface area contributed by atoms with Crippen LogP contribution in [0.15, 0.2) is 29.6 Å². The van der Waals surface area contributed by atoms with E-state index in [4.69, 9.17) is 23.2 Å². The first-order valence-corrected chi connectivity index (χ1v) is 9.95. The van der Waals surface area contributed by atoms with Crippen LogP contribution in [0.2, 0.25) is 10.0 Å². The van der Waals surface area contributed by atoms with Crippen LogP contribution in [-0.4, -0.2) is 21.1 Å². The fraction of sp³-hybridized carbons (Fsp3) is 0.235. The Morgan fingerprint density at radius 2 is 2.04 bits per heavy atom. The average molecular weight is 412 g/mol. The molecule has 0 saturated carbocycles. The van der Waals surface area contributed by atoms with Crippen LogP contribution in [0.25, 0.3) is 10.2 Å². The van der Waals surface area contributed by atoms with E-state index in [9.17, 15) is 4.79 Å². The number of amides is 1. The van der Waals surface area contributed by atoms with Crippen molar-refractivity contribution in [3.8, 4) is 0 Å². The molecule has 0 saturated heterocycles. The lowest BCUT2D eigenvalue weighted by atomic mass is 10.2. The normalized spacial score (nSPS) is 12.4. The molecule has 2 heterocycles. The number of nitrogens with one attached hydrogen (secondary N) is 1. The second-order valence-electron chi connectivity index (χ2n) is 5.52. The van der Waals surface area contributed by atoms with Gasteiger partial charge in [-0.05, 0) is 44.5 Å². The standard InChI is InChI=1S/C17H15Cl2N3OS2/c1-8-9(2)24-16-14(8)17(21-7-20-16)25-10(3)15(23)22-13-5-4-11(18)6-12(13)19/h4-7,10H,1-3H3,(H,22,23)/t10-/m1/s1. The zero-order valence-corrected chi connectivity index (χ0v) is 16.9. The maximum absolute atomic E-state index is 12.5. The van der Waals surface area contributed by atoms with Crippen LogP contribution in [0.4, 0.5) is 5.69 Å². The number of hydrogen-bond acceptors (Lipinski definition) is 5. The number of aromatic nitrogens is 2. The molecule has 0 radical (unpaired) electrons. The predicted molar refractivity (Wildman–Crippen MR) is 107 cm³/mol. The molecule has 4 nitrogen and oxygen atoms in total. The molecule has 25 heavy (non-hydrogen) atoms. The molecule has 1 N–H and O–H groups in total. The summed E-state index contributed by atoms with van der Waals surface area (Å²) < 4.78 is 0. The summed E-state index contributed by atoms with van der Waals surface area (Å²) >= 11 is 15.0. The summed E-state index contributed by atoms with van der Waals surface area (Å²) in [5, 5.41) is 5.27. The first-order chi connectivity index (χ1) is 11.9. The summed E-state index contributed by atoms with van der Waals surface area (Å²) in [6, 6.07) is 4.98. The van der Waals surface area contributed by atoms with Crippen molar-refractivity contribution in [1.29, 1.82) is 0 Å². The second kappa shape index (κ2) is 7.50. The van der Waals surface area contributed by atoms with E-state index < -0.39 is 0 Å². The Balaban J connectivity index is 1.80. The average Bonchev–Trinajstić information content (AvgIpc) is 2.85. The third-order valence-corrected chi connectivity index (χ3v) is 6.54. The van der Waals surface area contributed by atoms with Gasteiger partial charge in [0.15, 0.2) is 0 Å². The van der Waals surface area contributed by atoms with Crippen molar-refractivity contribution in [1.82, 2.24) is 9.97 Å². The number of thiophene rings is 1. The van der Waals surface area contributed by atoms with Gasteiger partial charge in [0.25, 0.3) is 0 Å². The van der Waals surface area contributed by atoms with E-state index in [1.165, 1.54) is 16.6 Å². The molecule has 0 aliphatic carbocycles. The monoisotopic (exact) mass is 411 g/mol. The topological polar surface area (TPSA) is 54.9 Å². The van der Waals surface area contributed by atoms with Crippen molar-refractivity contribution in [3.63, 3.8) is 0 Å². The van der Waals surface area contributed by atoms with E-state index in [0.717, 1.165) is 20.8 Å². The number of rotatable bonds is 4. The largest absolute Gasteiger partial charge is 0.324 e. The van der Waals surface area contributed by atoms with Crippen LogP contribution in [0.5, 0.6) is 0 Å². The SMILES string of the molecule is Cc1sc2ncnc(S[C@H](C)C(=O)Nc3ccc(Cl)cc3Cl)c2c1C. The molecular formula is C17H15Cl2N3OS2. The third-order valence-electron chi connectivity index (χ3n) is 3.78. The highest BCUT2D eigenvalue weighted by Gasteiger charge is 2.20. The summed E-state index contributed by atoms with van der Waals surface area (Å²) in [7, 11) is 0. The Bertz CT molecular complexity index is 958. The molecule has 0 spiro atoms. The number of carbonyl (C=O) groups excluding carboxylic acids is 1. The Hall–Kier alpha value is -1.34. The molecule has 0 bridgehead atoms. The van der Waals surface area contributed by atoms with Crippen LogP contribution in [-0.2, 0) is 4.79 Å². The highest BCUT2D eigenvalue weighted by atomic mass is 35.5. The van der Waals surface area contributed by atoms with Crippen molar-refractivity contribution in [3.05, 3.63) is 45.0 Å². The summed E-state index contributed by atoms with van der Waals surface area (Å²) in [5.74, 6) is -0.148. The first kappa shape index (κ1) is 18.5. The number of thioether (sulfide) groups is 1. The van der Waals surface area contributed by atoms with Gasteiger partial charge in [-0.1, -0.05) is 35.0 Å². The Kier molecular flexibility index (Phi) is 5.53. The number of nitrogens with zero attached hydrogens (tertiary/aromatic N) is 2. The number of fused-ring (bicyclic) bond motifs is 1. The molecule has 1 atom stereocenters. The Morgan fingerprint density at radius 3 is 2.76 bits per heavy atom. The minimum absolute atomic E-state index is 0.148. The van der Waals surface area contributed by atoms with E-state index in [1.807, 2.05) is 6.92 Å². The minimum atomic E-state index is -0.343. The molecule has 0 aliphatic rings. The zero-order valence-electron chi connectivity index (χ0n) is 13.8. The van der Waals surface area contributed by atoms with Gasteiger partial charge in [0.1, 0.15) is 16.2 Å². The fourth-order valence-corrected chi connectivity index (χ4v) is 4.78.